The van der Waals surface area contributed by atoms with Crippen molar-refractivity contribution >= 4 is 52.7 Å². The molecule has 1 radical (unpaired) electrons. The molecule has 3 aromatic heterocycles. The van der Waals surface area contributed by atoms with E-state index >= 15 is 0 Å². The van der Waals surface area contributed by atoms with E-state index in [9.17, 15) is 44.1 Å². The van der Waals surface area contributed by atoms with Gasteiger partial charge in [0.15, 0.2) is 0 Å². The van der Waals surface area contributed by atoms with Crippen LogP contribution in [-0.2, 0) is 0 Å². The number of aromatic carboxylic acids is 3. The van der Waals surface area contributed by atoms with Crippen LogP contribution < -0.4 is 30.7 Å². The number of rotatable bonds is 15. The van der Waals surface area contributed by atoms with Gasteiger partial charge in [0.25, 0.3) is 17.7 Å². The number of hydrogen-bond donors (Lipinski definition) is 6. The van der Waals surface area contributed by atoms with Gasteiger partial charge in [0.1, 0.15) is 34.2 Å². The Labute approximate surface area is 447 Å². The van der Waals surface area contributed by atoms with Crippen molar-refractivity contribution in [3.8, 4) is 33.4 Å². The van der Waals surface area contributed by atoms with Crippen molar-refractivity contribution in [1.82, 2.24) is 30.9 Å². The van der Waals surface area contributed by atoms with Crippen molar-refractivity contribution in [2.24, 2.45) is 0 Å². The zero-order chi connectivity index (χ0) is 50.9. The first-order valence-corrected chi connectivity index (χ1v) is 21.7. The third-order valence-corrected chi connectivity index (χ3v) is 9.99. The quantitative estimate of drug-likeness (QED) is 0.0620. The van der Waals surface area contributed by atoms with Crippen LogP contribution >= 0.6 is 0 Å². The van der Waals surface area contributed by atoms with Crippen molar-refractivity contribution in [1.29, 1.82) is 0 Å². The summed E-state index contributed by atoms with van der Waals surface area (Å²) in [4.78, 5) is 87.3. The molecule has 3 amide bonds. The number of pyridine rings is 3. The maximum absolute atomic E-state index is 12.0. The number of amides is 3. The number of nitrogens with one attached hydrogen (secondary N) is 3. The summed E-state index contributed by atoms with van der Waals surface area (Å²) in [5, 5.41) is 35.5. The molecule has 3 aromatic carbocycles. The molecule has 0 aliphatic rings. The Bertz CT molecular complexity index is 2480. The molecule has 70 heavy (non-hydrogen) atoms. The fourth-order valence-electron chi connectivity index (χ4n) is 6.38. The summed E-state index contributed by atoms with van der Waals surface area (Å²) in [6.45, 7) is 6.72. The van der Waals surface area contributed by atoms with Crippen LogP contribution in [0.15, 0.2) is 109 Å². The van der Waals surface area contributed by atoms with E-state index in [2.05, 4.69) is 30.9 Å². The molecular formula is C51H57EuN9O9. The molecule has 0 spiro atoms. The Morgan fingerprint density at radius 1 is 0.371 bits per heavy atom. The summed E-state index contributed by atoms with van der Waals surface area (Å²) >= 11 is 0. The molecule has 0 aliphatic heterocycles. The molecule has 6 aromatic rings. The van der Waals surface area contributed by atoms with Crippen molar-refractivity contribution in [3.05, 3.63) is 143 Å². The van der Waals surface area contributed by atoms with E-state index in [4.69, 9.17) is 0 Å². The van der Waals surface area contributed by atoms with Crippen molar-refractivity contribution in [2.45, 2.75) is 20.8 Å². The number of anilines is 3. The van der Waals surface area contributed by atoms with E-state index in [1.807, 2.05) is 130 Å². The molecule has 0 saturated heterocycles. The molecular weight excluding hydrogens is 1030 g/mol. The van der Waals surface area contributed by atoms with Crippen LogP contribution in [0.4, 0.5) is 17.1 Å². The molecule has 0 fully saturated rings. The minimum Gasteiger partial charge on any atom is -0.477 e. The van der Waals surface area contributed by atoms with E-state index in [0.29, 0.717) is 36.3 Å². The van der Waals surface area contributed by atoms with Crippen LogP contribution in [-0.4, -0.2) is 128 Å². The van der Waals surface area contributed by atoms with Gasteiger partial charge in [-0.2, -0.15) is 0 Å². The Morgan fingerprint density at radius 3 is 0.743 bits per heavy atom. The molecule has 0 bridgehead atoms. The Morgan fingerprint density at radius 2 is 0.571 bits per heavy atom. The van der Waals surface area contributed by atoms with E-state index in [-0.39, 0.29) is 101 Å². The number of carboxylic acid groups (broad SMARTS) is 3. The van der Waals surface area contributed by atoms with Gasteiger partial charge in [-0.15, -0.1) is 0 Å². The van der Waals surface area contributed by atoms with Crippen molar-refractivity contribution < 1.29 is 93.5 Å². The van der Waals surface area contributed by atoms with Gasteiger partial charge in [-0.05, 0) is 127 Å². The maximum Gasteiger partial charge on any atom is 0.354 e. The zero-order valence-electron chi connectivity index (χ0n) is 40.4. The Balaban J connectivity index is 0.000000276. The van der Waals surface area contributed by atoms with Gasteiger partial charge in [-0.25, -0.2) is 29.3 Å². The third-order valence-electron chi connectivity index (χ3n) is 9.99. The van der Waals surface area contributed by atoms with E-state index in [1.54, 1.807) is 39.0 Å². The summed E-state index contributed by atoms with van der Waals surface area (Å²) in [5.41, 5.74) is 7.33. The van der Waals surface area contributed by atoms with Crippen molar-refractivity contribution in [2.75, 3.05) is 76.6 Å². The first kappa shape index (κ1) is 57.2. The molecule has 6 N–H and O–H groups in total. The molecule has 18 nitrogen and oxygen atoms in total. The molecule has 0 atom stereocenters. The van der Waals surface area contributed by atoms with Crippen LogP contribution in [0.1, 0.15) is 83.7 Å². The summed E-state index contributed by atoms with van der Waals surface area (Å²) in [6.07, 6.45) is 0. The number of carbonyl (C=O) groups excluding carboxylic acids is 3. The second kappa shape index (κ2) is 27.2. The van der Waals surface area contributed by atoms with Crippen LogP contribution in [0.25, 0.3) is 33.4 Å². The normalized spacial score (nSPS) is 10.1. The zero-order valence-corrected chi connectivity index (χ0v) is 42.8. The Hall–Kier alpha value is -7.09. The molecule has 367 valence electrons. The predicted molar refractivity (Wildman–Crippen MR) is 267 cm³/mol. The minimum atomic E-state index is -1.16. The topological polar surface area (TPSA) is 248 Å². The van der Waals surface area contributed by atoms with Crippen molar-refractivity contribution in [3.63, 3.8) is 0 Å². The van der Waals surface area contributed by atoms with Crippen LogP contribution in [0.2, 0.25) is 0 Å². The first-order chi connectivity index (χ1) is 32.8. The monoisotopic (exact) mass is 1090 g/mol. The van der Waals surface area contributed by atoms with E-state index < -0.39 is 17.9 Å². The number of nitrogens with zero attached hydrogens (tertiary/aromatic N) is 6. The second-order valence-corrected chi connectivity index (χ2v) is 15.7. The summed E-state index contributed by atoms with van der Waals surface area (Å²) in [7, 11) is 11.6. The average Bonchev–Trinajstić information content (AvgIpc) is 3.34. The van der Waals surface area contributed by atoms with Crippen LogP contribution in [0.5, 0.6) is 0 Å². The van der Waals surface area contributed by atoms with E-state index in [0.717, 1.165) is 33.8 Å². The third kappa shape index (κ3) is 16.3. The molecule has 3 heterocycles. The second-order valence-electron chi connectivity index (χ2n) is 15.7. The largest absolute Gasteiger partial charge is 0.477 e. The number of carboxylic acids is 3. The standard InChI is InChI=1S/3C17H19N3O3.Eu/c3*1-4-18-16(21)14-9-12(10-15(19-14)17(22)23)11-5-7-13(8-6-11)20(2)3;/h3*5-10H,4H2,1-3H3,(H,18,21)(H,22,23);. The fraction of sp³-hybridized carbons (Fsp3) is 0.235. The van der Waals surface area contributed by atoms with Gasteiger partial charge in [-0.1, -0.05) is 36.4 Å². The van der Waals surface area contributed by atoms with Gasteiger partial charge in [0.05, 0.1) is 0 Å². The number of hydrogen-bond acceptors (Lipinski definition) is 12. The number of benzene rings is 3. The Kier molecular flexibility index (Phi) is 22.2. The van der Waals surface area contributed by atoms with Gasteiger partial charge in [0.2, 0.25) is 0 Å². The average molecular weight is 1090 g/mol. The fourth-order valence-corrected chi connectivity index (χ4v) is 6.38. The molecule has 0 aliphatic carbocycles. The summed E-state index contributed by atoms with van der Waals surface area (Å²) < 4.78 is 0. The number of aromatic nitrogens is 3. The summed E-state index contributed by atoms with van der Waals surface area (Å²) in [5.74, 6) is -4.66. The first-order valence-electron chi connectivity index (χ1n) is 21.7. The predicted octanol–water partition coefficient (Wildman–Crippen LogP) is 6.79. The van der Waals surface area contributed by atoms with Crippen LogP contribution in [0.3, 0.4) is 0 Å². The molecule has 19 heteroatoms. The van der Waals surface area contributed by atoms with E-state index in [1.165, 1.54) is 18.2 Å². The SMILES string of the molecule is CCNC(=O)c1cc(-c2ccc(N(C)C)cc2)cc(C(=O)O)n1.CCNC(=O)c1cc(-c2ccc(N(C)C)cc2)cc(C(=O)O)n1.CCNC(=O)c1cc(-c2ccc(N(C)C)cc2)cc(C(=O)O)n1.[Eu]. The van der Waals surface area contributed by atoms with Gasteiger partial charge < -0.3 is 46.0 Å². The van der Waals surface area contributed by atoms with Crippen LogP contribution in [0, 0.1) is 49.4 Å². The van der Waals surface area contributed by atoms with Gasteiger partial charge >= 0.3 is 17.9 Å². The molecule has 0 unspecified atom stereocenters. The van der Waals surface area contributed by atoms with Gasteiger partial charge in [-0.3, -0.25) is 14.4 Å². The smallest absolute Gasteiger partial charge is 0.354 e. The summed E-state index contributed by atoms with van der Waals surface area (Å²) in [6, 6.07) is 32.1. The van der Waals surface area contributed by atoms with Gasteiger partial charge in [0, 0.05) is 128 Å². The molecule has 6 rings (SSSR count). The maximum atomic E-state index is 12.0. The number of carbonyl (C=O) groups is 6. The minimum absolute atomic E-state index is 0. The molecule has 0 saturated carbocycles.